The van der Waals surface area contributed by atoms with Gasteiger partial charge in [0.1, 0.15) is 24.5 Å². The molecule has 2 N–H and O–H groups in total. The number of nitrogens with zero attached hydrogens (tertiary/aromatic N) is 2. The summed E-state index contributed by atoms with van der Waals surface area (Å²) >= 11 is 1.36. The van der Waals surface area contributed by atoms with Crippen LogP contribution in [0.25, 0.3) is 0 Å². The quantitative estimate of drug-likeness (QED) is 0.485. The van der Waals surface area contributed by atoms with E-state index in [1.54, 1.807) is 0 Å². The lowest BCUT2D eigenvalue weighted by Crippen LogP contribution is -2.33. The van der Waals surface area contributed by atoms with Crippen LogP contribution in [0.5, 0.6) is 11.5 Å². The molecular weight excluding hydrogens is 335 g/mol. The van der Waals surface area contributed by atoms with Crippen molar-refractivity contribution in [2.45, 2.75) is 20.1 Å². The largest absolute Gasteiger partial charge is 0.493 e. The molecule has 0 aliphatic carbocycles. The fourth-order valence-corrected chi connectivity index (χ4v) is 2.62. The van der Waals surface area contributed by atoms with Crippen molar-refractivity contribution < 1.29 is 29.1 Å². The number of methoxy groups -OCH3 is 1. The van der Waals surface area contributed by atoms with E-state index in [9.17, 15) is 14.8 Å². The Hall–Kier alpha value is -2.01. The van der Waals surface area contributed by atoms with E-state index in [2.05, 4.69) is 10.2 Å². The minimum atomic E-state index is -1.78. The number of carbonyl (C=O) groups is 1. The summed E-state index contributed by atoms with van der Waals surface area (Å²) in [6, 6.07) is 2.74. The Balaban J connectivity index is 2.13. The van der Waals surface area contributed by atoms with Crippen LogP contribution >= 0.6 is 11.3 Å². The summed E-state index contributed by atoms with van der Waals surface area (Å²) in [5, 5.41) is 28.0. The van der Waals surface area contributed by atoms with E-state index in [-0.39, 0.29) is 23.4 Å². The maximum atomic E-state index is 11.1. The molecule has 2 aromatic rings. The molecule has 0 aliphatic heterocycles. The second kappa shape index (κ2) is 8.74. The number of hydrogen-bond donors (Lipinski definition) is 2. The van der Waals surface area contributed by atoms with E-state index in [0.717, 1.165) is 5.01 Å². The van der Waals surface area contributed by atoms with Gasteiger partial charge in [-0.3, -0.25) is 4.79 Å². The predicted octanol–water partition coefficient (Wildman–Crippen LogP) is 0.155. The molecule has 128 valence electrons. The van der Waals surface area contributed by atoms with Gasteiger partial charge in [0.15, 0.2) is 16.5 Å². The van der Waals surface area contributed by atoms with Crippen molar-refractivity contribution in [2.24, 2.45) is 0 Å². The Morgan fingerprint density at radius 2 is 1.92 bits per heavy atom. The Morgan fingerprint density at radius 1 is 1.21 bits per heavy atom. The maximum absolute atomic E-state index is 11.1. The molecule has 0 unspecified atom stereocenters. The molecule has 10 heteroatoms. The number of ether oxygens (including phenoxy) is 3. The zero-order valence-corrected chi connectivity index (χ0v) is 14.1. The third kappa shape index (κ3) is 4.51. The van der Waals surface area contributed by atoms with Crippen LogP contribution in [0.3, 0.4) is 0 Å². The van der Waals surface area contributed by atoms with Gasteiger partial charge in [-0.25, -0.2) is 0 Å². The Bertz CT molecular complexity index is 694. The molecule has 0 saturated heterocycles. The SMILES string of the molecule is CCOCc1nnc(COc2cc(C=O)c(B(O)O)cc2OC)s1. The molecular formula is C14H17BN2O6S. The lowest BCUT2D eigenvalue weighted by Gasteiger charge is -2.13. The summed E-state index contributed by atoms with van der Waals surface area (Å²) in [5.41, 5.74) is 0.152. The fourth-order valence-electron chi connectivity index (χ4n) is 1.92. The lowest BCUT2D eigenvalue weighted by atomic mass is 9.77. The first-order valence-corrected chi connectivity index (χ1v) is 7.95. The number of aldehydes is 1. The van der Waals surface area contributed by atoms with Crippen molar-refractivity contribution in [1.29, 1.82) is 0 Å². The summed E-state index contributed by atoms with van der Waals surface area (Å²) in [4.78, 5) is 11.1. The van der Waals surface area contributed by atoms with Crippen molar-refractivity contribution in [2.75, 3.05) is 13.7 Å². The van der Waals surface area contributed by atoms with Gasteiger partial charge in [-0.2, -0.15) is 0 Å². The van der Waals surface area contributed by atoms with Gasteiger partial charge >= 0.3 is 7.12 Å². The monoisotopic (exact) mass is 352 g/mol. The van der Waals surface area contributed by atoms with Crippen molar-refractivity contribution in [1.82, 2.24) is 10.2 Å². The Morgan fingerprint density at radius 3 is 2.50 bits per heavy atom. The number of hydrogen-bond acceptors (Lipinski definition) is 9. The van der Waals surface area contributed by atoms with E-state index in [1.165, 1.54) is 30.6 Å². The normalized spacial score (nSPS) is 10.5. The molecule has 2 rings (SSSR count). The third-order valence-corrected chi connectivity index (χ3v) is 3.93. The minimum absolute atomic E-state index is 0.0455. The predicted molar refractivity (Wildman–Crippen MR) is 87.8 cm³/mol. The van der Waals surface area contributed by atoms with E-state index in [4.69, 9.17) is 14.2 Å². The molecule has 0 radical (unpaired) electrons. The van der Waals surface area contributed by atoms with Crippen LogP contribution in [0.15, 0.2) is 12.1 Å². The molecule has 0 amide bonds. The second-order valence-corrected chi connectivity index (χ2v) is 5.79. The van der Waals surface area contributed by atoms with Crippen LogP contribution in [0.4, 0.5) is 0 Å². The average molecular weight is 352 g/mol. The van der Waals surface area contributed by atoms with Crippen molar-refractivity contribution in [3.63, 3.8) is 0 Å². The van der Waals surface area contributed by atoms with E-state index in [1.807, 2.05) is 6.92 Å². The van der Waals surface area contributed by atoms with Crippen molar-refractivity contribution in [3.05, 3.63) is 27.7 Å². The maximum Gasteiger partial charge on any atom is 0.489 e. The van der Waals surface area contributed by atoms with Crippen LogP contribution in [0.1, 0.15) is 27.3 Å². The zero-order valence-electron chi connectivity index (χ0n) is 13.3. The number of aromatic nitrogens is 2. The minimum Gasteiger partial charge on any atom is -0.493 e. The van der Waals surface area contributed by atoms with Gasteiger partial charge in [-0.1, -0.05) is 11.3 Å². The molecule has 0 atom stereocenters. The van der Waals surface area contributed by atoms with Crippen LogP contribution in [-0.4, -0.2) is 47.4 Å². The highest BCUT2D eigenvalue weighted by Crippen LogP contribution is 2.28. The molecule has 24 heavy (non-hydrogen) atoms. The third-order valence-electron chi connectivity index (χ3n) is 3.06. The Labute approximate surface area is 143 Å². The first kappa shape index (κ1) is 18.3. The van der Waals surface area contributed by atoms with Gasteiger partial charge in [0, 0.05) is 12.2 Å². The lowest BCUT2D eigenvalue weighted by molar-refractivity contribution is 0.112. The van der Waals surface area contributed by atoms with E-state index < -0.39 is 7.12 Å². The summed E-state index contributed by atoms with van der Waals surface area (Å²) in [6.45, 7) is 3.03. The average Bonchev–Trinajstić information content (AvgIpc) is 3.04. The van der Waals surface area contributed by atoms with Gasteiger partial charge < -0.3 is 24.3 Å². The first-order chi connectivity index (χ1) is 11.6. The highest BCUT2D eigenvalue weighted by atomic mass is 32.1. The van der Waals surface area contributed by atoms with Gasteiger partial charge in [-0.15, -0.1) is 10.2 Å². The van der Waals surface area contributed by atoms with Crippen LogP contribution < -0.4 is 14.9 Å². The fraction of sp³-hybridized carbons (Fsp3) is 0.357. The standard InChI is InChI=1S/C14H17BN2O6S/c1-3-22-7-13-16-17-14(24-13)8-23-12-4-9(6-18)10(15(19)20)5-11(12)21-2/h4-6,19-20H,3,7-8H2,1-2H3. The molecule has 0 aliphatic rings. The molecule has 0 saturated carbocycles. The molecule has 0 fully saturated rings. The Kier molecular flexibility index (Phi) is 6.67. The van der Waals surface area contributed by atoms with Crippen molar-refractivity contribution >= 4 is 30.2 Å². The summed E-state index contributed by atoms with van der Waals surface area (Å²) in [7, 11) is -0.362. The van der Waals surface area contributed by atoms with Crippen LogP contribution in [0.2, 0.25) is 0 Å². The number of carbonyl (C=O) groups excluding carboxylic acids is 1. The number of rotatable bonds is 9. The summed E-state index contributed by atoms with van der Waals surface area (Å²) in [5.74, 6) is 0.577. The number of benzene rings is 1. The van der Waals surface area contributed by atoms with E-state index in [0.29, 0.717) is 30.3 Å². The van der Waals surface area contributed by atoms with Gasteiger partial charge in [0.2, 0.25) is 0 Å². The summed E-state index contributed by atoms with van der Waals surface area (Å²) < 4.78 is 16.1. The molecule has 1 aromatic heterocycles. The topological polar surface area (TPSA) is 111 Å². The van der Waals surface area contributed by atoms with Crippen LogP contribution in [-0.2, 0) is 18.0 Å². The van der Waals surface area contributed by atoms with Gasteiger partial charge in [-0.05, 0) is 24.5 Å². The highest BCUT2D eigenvalue weighted by Gasteiger charge is 2.20. The molecule has 1 aromatic carbocycles. The molecule has 0 bridgehead atoms. The zero-order chi connectivity index (χ0) is 17.5. The molecule has 0 spiro atoms. The van der Waals surface area contributed by atoms with Gasteiger partial charge in [0.25, 0.3) is 0 Å². The molecule has 1 heterocycles. The highest BCUT2D eigenvalue weighted by molar-refractivity contribution is 7.11. The molecule has 8 nitrogen and oxygen atoms in total. The first-order valence-electron chi connectivity index (χ1n) is 7.14. The van der Waals surface area contributed by atoms with Crippen LogP contribution in [0, 0.1) is 0 Å². The van der Waals surface area contributed by atoms with Crippen molar-refractivity contribution in [3.8, 4) is 11.5 Å². The van der Waals surface area contributed by atoms with E-state index >= 15 is 0 Å². The smallest absolute Gasteiger partial charge is 0.489 e. The summed E-state index contributed by atoms with van der Waals surface area (Å²) in [6.07, 6.45) is 0.520. The van der Waals surface area contributed by atoms with Gasteiger partial charge in [0.05, 0.1) is 7.11 Å². The second-order valence-electron chi connectivity index (χ2n) is 4.64.